The van der Waals surface area contributed by atoms with Crippen LogP contribution in [0, 0.1) is 11.6 Å². The molecule has 0 radical (unpaired) electrons. The van der Waals surface area contributed by atoms with Crippen LogP contribution in [0.2, 0.25) is 5.02 Å². The highest BCUT2D eigenvalue weighted by Gasteiger charge is 2.43. The monoisotopic (exact) mass is 474 g/mol. The normalized spacial score (nSPS) is 16.9. The summed E-state index contributed by atoms with van der Waals surface area (Å²) in [5, 5.41) is 8.64. The van der Waals surface area contributed by atoms with Crippen molar-refractivity contribution >= 4 is 17.5 Å². The molecule has 0 saturated heterocycles. The summed E-state index contributed by atoms with van der Waals surface area (Å²) in [6.45, 7) is -0.490. The van der Waals surface area contributed by atoms with Crippen molar-refractivity contribution in [2.45, 2.75) is 12.0 Å². The second-order valence-electron chi connectivity index (χ2n) is 7.60. The number of rotatable bonds is 7. The quantitative estimate of drug-likeness (QED) is 0.485. The molecule has 0 aromatic heterocycles. The summed E-state index contributed by atoms with van der Waals surface area (Å²) in [6, 6.07) is 12.7. The van der Waals surface area contributed by atoms with E-state index in [2.05, 4.69) is 0 Å². The molecule has 0 saturated carbocycles. The van der Waals surface area contributed by atoms with E-state index in [1.165, 1.54) is 12.1 Å². The van der Waals surface area contributed by atoms with Gasteiger partial charge in [-0.25, -0.2) is 8.78 Å². The lowest BCUT2D eigenvalue weighted by molar-refractivity contribution is 0.1000. The van der Waals surface area contributed by atoms with E-state index in [1.807, 2.05) is 30.3 Å². The highest BCUT2D eigenvalue weighted by molar-refractivity contribution is 6.34. The fourth-order valence-corrected chi connectivity index (χ4v) is 4.37. The third kappa shape index (κ3) is 3.90. The van der Waals surface area contributed by atoms with E-state index in [0.29, 0.717) is 5.56 Å². The van der Waals surface area contributed by atoms with Crippen LogP contribution in [0.15, 0.2) is 48.5 Å². The van der Waals surface area contributed by atoms with Crippen molar-refractivity contribution in [3.05, 3.63) is 81.9 Å². The molecular weight excluding hydrogens is 454 g/mol. The second-order valence-corrected chi connectivity index (χ2v) is 7.98. The van der Waals surface area contributed by atoms with Gasteiger partial charge < -0.3 is 26.0 Å². The minimum absolute atomic E-state index is 0.0508. The predicted molar refractivity (Wildman–Crippen MR) is 119 cm³/mol. The third-order valence-corrected chi connectivity index (χ3v) is 6.02. The van der Waals surface area contributed by atoms with Gasteiger partial charge in [-0.15, -0.1) is 0 Å². The fourth-order valence-electron chi connectivity index (χ4n) is 4.11. The molecule has 33 heavy (non-hydrogen) atoms. The Morgan fingerprint density at radius 2 is 1.91 bits per heavy atom. The Morgan fingerprint density at radius 3 is 2.55 bits per heavy atom. The van der Waals surface area contributed by atoms with Gasteiger partial charge in [0.15, 0.2) is 17.2 Å². The lowest BCUT2D eigenvalue weighted by Crippen LogP contribution is -2.39. The smallest absolute Gasteiger partial charge is 0.249 e. The first-order valence-electron chi connectivity index (χ1n) is 10.1. The molecule has 0 fully saturated rings. The number of aliphatic hydroxyl groups excluding tert-OH is 1. The number of amides is 1. The van der Waals surface area contributed by atoms with Gasteiger partial charge in [0, 0.05) is 35.7 Å². The molecule has 1 unspecified atom stereocenters. The molecule has 1 aliphatic rings. The largest absolute Gasteiger partial charge is 0.488 e. The van der Waals surface area contributed by atoms with Gasteiger partial charge in [-0.3, -0.25) is 4.79 Å². The number of halogens is 3. The second kappa shape index (κ2) is 8.97. The first-order valence-corrected chi connectivity index (χ1v) is 10.5. The lowest BCUT2D eigenvalue weighted by Gasteiger charge is -2.27. The number of nitrogens with two attached hydrogens (primary N) is 2. The van der Waals surface area contributed by atoms with Gasteiger partial charge in [-0.2, -0.15) is 0 Å². The van der Waals surface area contributed by atoms with E-state index in [1.54, 1.807) is 0 Å². The molecule has 6 nitrogen and oxygen atoms in total. The highest BCUT2D eigenvalue weighted by Crippen LogP contribution is 2.50. The number of hydrogen-bond donors (Lipinski definition) is 3. The number of aliphatic hydroxyl groups is 1. The topological polar surface area (TPSA) is 108 Å². The maximum absolute atomic E-state index is 15.6. The summed E-state index contributed by atoms with van der Waals surface area (Å²) in [4.78, 5) is 12.2. The van der Waals surface area contributed by atoms with Gasteiger partial charge in [-0.05, 0) is 17.7 Å². The molecular formula is C24H21ClF2N2O4. The van der Waals surface area contributed by atoms with Crippen LogP contribution in [0.4, 0.5) is 8.78 Å². The molecule has 1 aliphatic heterocycles. The Balaban J connectivity index is 1.97. The molecule has 0 bridgehead atoms. The highest BCUT2D eigenvalue weighted by atomic mass is 35.5. The first-order chi connectivity index (χ1) is 15.8. The van der Waals surface area contributed by atoms with Gasteiger partial charge in [0.25, 0.3) is 0 Å². The molecule has 3 aromatic rings. The summed E-state index contributed by atoms with van der Waals surface area (Å²) in [5.74, 6) is -2.86. The summed E-state index contributed by atoms with van der Waals surface area (Å²) in [5.41, 5.74) is 11.1. The first kappa shape index (κ1) is 23.0. The van der Waals surface area contributed by atoms with Crippen LogP contribution in [0.1, 0.15) is 21.5 Å². The van der Waals surface area contributed by atoms with Crippen molar-refractivity contribution in [1.29, 1.82) is 0 Å². The van der Waals surface area contributed by atoms with E-state index in [9.17, 15) is 9.18 Å². The average molecular weight is 475 g/mol. The third-order valence-electron chi connectivity index (χ3n) is 5.65. The average Bonchev–Trinajstić information content (AvgIpc) is 3.19. The molecule has 1 atom stereocenters. The maximum Gasteiger partial charge on any atom is 0.249 e. The number of benzene rings is 3. The van der Waals surface area contributed by atoms with Crippen LogP contribution >= 0.6 is 11.6 Å². The fraction of sp³-hybridized carbons (Fsp3) is 0.208. The van der Waals surface area contributed by atoms with Crippen molar-refractivity contribution < 1.29 is 28.2 Å². The van der Waals surface area contributed by atoms with Crippen LogP contribution in [0.5, 0.6) is 11.5 Å². The summed E-state index contributed by atoms with van der Waals surface area (Å²) in [6.07, 6.45) is 0.150. The Bertz CT molecular complexity index is 1220. The van der Waals surface area contributed by atoms with Gasteiger partial charge in [0.05, 0.1) is 17.2 Å². The molecule has 1 heterocycles. The maximum atomic E-state index is 15.6. The van der Waals surface area contributed by atoms with E-state index in [4.69, 9.17) is 37.6 Å². The van der Waals surface area contributed by atoms with Gasteiger partial charge in [-0.1, -0.05) is 41.9 Å². The number of ether oxygens (including phenoxy) is 2. The minimum Gasteiger partial charge on any atom is -0.488 e. The SMILES string of the molecule is NCC1(c2ccccc2)Cc2c(cc(F)c(Cl)c2-c2c(C(N)=O)ccc(OCCO)c2F)O1. The molecule has 0 spiro atoms. The number of carbonyl (C=O) groups excluding carboxylic acids is 1. The van der Waals surface area contributed by atoms with Gasteiger partial charge in [0.2, 0.25) is 5.91 Å². The van der Waals surface area contributed by atoms with Crippen molar-refractivity contribution in [3.63, 3.8) is 0 Å². The minimum atomic E-state index is -1.04. The number of hydrogen-bond acceptors (Lipinski definition) is 5. The van der Waals surface area contributed by atoms with Crippen LogP contribution in [0.3, 0.4) is 0 Å². The van der Waals surface area contributed by atoms with Crippen molar-refractivity contribution in [3.8, 4) is 22.6 Å². The molecule has 1 amide bonds. The lowest BCUT2D eigenvalue weighted by atomic mass is 9.85. The zero-order chi connectivity index (χ0) is 23.8. The predicted octanol–water partition coefficient (Wildman–Crippen LogP) is 3.54. The Labute approximate surface area is 193 Å². The van der Waals surface area contributed by atoms with Crippen LogP contribution in [-0.4, -0.2) is 30.8 Å². The zero-order valence-electron chi connectivity index (χ0n) is 17.4. The Kier molecular flexibility index (Phi) is 6.25. The summed E-state index contributed by atoms with van der Waals surface area (Å²) in [7, 11) is 0. The molecule has 3 aromatic carbocycles. The summed E-state index contributed by atoms with van der Waals surface area (Å²) < 4.78 is 41.9. The molecule has 4 rings (SSSR count). The van der Waals surface area contributed by atoms with Crippen LogP contribution in [-0.2, 0) is 12.0 Å². The Hall–Kier alpha value is -3.20. The van der Waals surface area contributed by atoms with E-state index in [-0.39, 0.29) is 59.4 Å². The van der Waals surface area contributed by atoms with Gasteiger partial charge >= 0.3 is 0 Å². The van der Waals surface area contributed by atoms with Gasteiger partial charge in [0.1, 0.15) is 18.2 Å². The molecule has 0 aliphatic carbocycles. The number of carbonyl (C=O) groups is 1. The van der Waals surface area contributed by atoms with E-state index < -0.39 is 23.1 Å². The summed E-state index contributed by atoms with van der Waals surface area (Å²) >= 11 is 6.34. The van der Waals surface area contributed by atoms with Crippen molar-refractivity contribution in [1.82, 2.24) is 0 Å². The van der Waals surface area contributed by atoms with Crippen LogP contribution in [0.25, 0.3) is 11.1 Å². The molecule has 9 heteroatoms. The standard InChI is InChI=1S/C24H21ClF2N2O4/c25-21-16(26)10-18-15(11-24(12-28,33-18)13-4-2-1-3-5-13)19(21)20-14(23(29)31)6-7-17(22(20)27)32-9-8-30/h1-7,10,30H,8-9,11-12,28H2,(H2,29,31). The van der Waals surface area contributed by atoms with Crippen molar-refractivity contribution in [2.24, 2.45) is 11.5 Å². The van der Waals surface area contributed by atoms with E-state index in [0.717, 1.165) is 11.6 Å². The number of fused-ring (bicyclic) bond motifs is 1. The Morgan fingerprint density at radius 1 is 1.18 bits per heavy atom. The van der Waals surface area contributed by atoms with Crippen LogP contribution < -0.4 is 20.9 Å². The molecule has 172 valence electrons. The number of primary amides is 1. The zero-order valence-corrected chi connectivity index (χ0v) is 18.2. The van der Waals surface area contributed by atoms with E-state index >= 15 is 4.39 Å². The molecule has 5 N–H and O–H groups in total. The van der Waals surface area contributed by atoms with Crippen molar-refractivity contribution in [2.75, 3.05) is 19.8 Å².